The van der Waals surface area contributed by atoms with Crippen molar-refractivity contribution in [2.24, 2.45) is 0 Å². The van der Waals surface area contributed by atoms with Crippen LogP contribution in [0, 0.1) is 0 Å². The minimum Gasteiger partial charge on any atom is -0.273 e. The van der Waals surface area contributed by atoms with Gasteiger partial charge in [0.15, 0.2) is 0 Å². The van der Waals surface area contributed by atoms with E-state index in [0.717, 1.165) is 17.0 Å². The van der Waals surface area contributed by atoms with Crippen LogP contribution in [-0.4, -0.2) is 6.10 Å². The quantitative estimate of drug-likeness (QED) is 0.732. The van der Waals surface area contributed by atoms with Crippen LogP contribution >= 0.6 is 11.3 Å². The van der Waals surface area contributed by atoms with E-state index in [1.807, 2.05) is 24.4 Å². The van der Waals surface area contributed by atoms with Gasteiger partial charge in [-0.2, -0.15) is 0 Å². The van der Waals surface area contributed by atoms with E-state index in [4.69, 9.17) is 4.84 Å². The van der Waals surface area contributed by atoms with Gasteiger partial charge >= 0.3 is 0 Å². The first-order valence-electron chi connectivity index (χ1n) is 4.38. The highest BCUT2D eigenvalue weighted by Crippen LogP contribution is 2.16. The minimum atomic E-state index is 0.219. The third-order valence-corrected chi connectivity index (χ3v) is 2.71. The van der Waals surface area contributed by atoms with Crippen LogP contribution in [0.25, 0.3) is 5.70 Å². The maximum Gasteiger partial charge on any atom is 0.0823 e. The normalized spacial score (nSPS) is 12.5. The van der Waals surface area contributed by atoms with Gasteiger partial charge < -0.3 is 0 Å². The van der Waals surface area contributed by atoms with E-state index in [2.05, 4.69) is 19.0 Å². The molecule has 0 spiro atoms. The molecule has 3 heteroatoms. The van der Waals surface area contributed by atoms with Gasteiger partial charge in [-0.05, 0) is 24.8 Å². The fourth-order valence-electron chi connectivity index (χ4n) is 0.756. The zero-order chi connectivity index (χ0) is 9.68. The third kappa shape index (κ3) is 3.20. The lowest BCUT2D eigenvalue weighted by molar-refractivity contribution is 0.0145. The minimum absolute atomic E-state index is 0.219. The lowest BCUT2D eigenvalue weighted by Gasteiger charge is -2.12. The molecule has 0 aliphatic rings. The molecule has 0 radical (unpaired) electrons. The van der Waals surface area contributed by atoms with Gasteiger partial charge in [0.05, 0.1) is 16.7 Å². The van der Waals surface area contributed by atoms with E-state index in [0.29, 0.717) is 0 Å². The fraction of sp³-hybridized carbons (Fsp3) is 0.400. The van der Waals surface area contributed by atoms with Crippen LogP contribution in [0.15, 0.2) is 24.1 Å². The molecule has 0 bridgehead atoms. The molecule has 0 aromatic carbocycles. The van der Waals surface area contributed by atoms with E-state index < -0.39 is 0 Å². The Balaban J connectivity index is 2.35. The van der Waals surface area contributed by atoms with Crippen molar-refractivity contribution >= 4 is 17.0 Å². The molecule has 0 fully saturated rings. The van der Waals surface area contributed by atoms with Crippen LogP contribution in [0.1, 0.15) is 25.1 Å². The van der Waals surface area contributed by atoms with Crippen LogP contribution in [-0.2, 0) is 4.84 Å². The van der Waals surface area contributed by atoms with Crippen molar-refractivity contribution in [1.82, 2.24) is 5.48 Å². The van der Waals surface area contributed by atoms with Gasteiger partial charge in [0.25, 0.3) is 0 Å². The average Bonchev–Trinajstić information content (AvgIpc) is 2.66. The molecule has 0 saturated carbocycles. The highest BCUT2D eigenvalue weighted by Gasteiger charge is 2.01. The van der Waals surface area contributed by atoms with Crippen LogP contribution in [0.3, 0.4) is 0 Å². The first-order valence-corrected chi connectivity index (χ1v) is 5.26. The van der Waals surface area contributed by atoms with Crippen LogP contribution < -0.4 is 5.48 Å². The molecule has 1 atom stereocenters. The number of nitrogens with one attached hydrogen (secondary N) is 1. The lowest BCUT2D eigenvalue weighted by Crippen LogP contribution is -2.18. The molecule has 0 amide bonds. The van der Waals surface area contributed by atoms with Crippen molar-refractivity contribution in [1.29, 1.82) is 0 Å². The summed E-state index contributed by atoms with van der Waals surface area (Å²) in [6, 6.07) is 4.01. The molecule has 0 saturated heterocycles. The average molecular weight is 197 g/mol. The maximum absolute atomic E-state index is 5.33. The van der Waals surface area contributed by atoms with E-state index in [9.17, 15) is 0 Å². The summed E-state index contributed by atoms with van der Waals surface area (Å²) in [6.45, 7) is 7.98. The molecule has 1 heterocycles. The molecule has 2 nitrogen and oxygen atoms in total. The molecule has 0 aliphatic carbocycles. The Morgan fingerprint density at radius 2 is 2.54 bits per heavy atom. The van der Waals surface area contributed by atoms with Gasteiger partial charge in [0, 0.05) is 0 Å². The summed E-state index contributed by atoms with van der Waals surface area (Å²) >= 11 is 1.65. The van der Waals surface area contributed by atoms with Crippen LogP contribution in [0.5, 0.6) is 0 Å². The van der Waals surface area contributed by atoms with E-state index in [1.54, 1.807) is 11.3 Å². The van der Waals surface area contributed by atoms with E-state index in [1.165, 1.54) is 0 Å². The summed E-state index contributed by atoms with van der Waals surface area (Å²) in [7, 11) is 0. The molecule has 1 N–H and O–H groups in total. The molecule has 1 aromatic rings. The Kier molecular flexibility index (Phi) is 3.99. The van der Waals surface area contributed by atoms with Gasteiger partial charge in [0.1, 0.15) is 0 Å². The second-order valence-corrected chi connectivity index (χ2v) is 3.84. The van der Waals surface area contributed by atoms with Gasteiger partial charge in [-0.25, -0.2) is 0 Å². The molecule has 1 aromatic heterocycles. The number of hydroxylamine groups is 1. The monoisotopic (exact) mass is 197 g/mol. The Hall–Kier alpha value is -0.800. The highest BCUT2D eigenvalue weighted by molar-refractivity contribution is 7.11. The number of thiophene rings is 1. The smallest absolute Gasteiger partial charge is 0.0823 e. The highest BCUT2D eigenvalue weighted by atomic mass is 32.1. The summed E-state index contributed by atoms with van der Waals surface area (Å²) in [6.07, 6.45) is 1.21. The Bertz CT molecular complexity index is 256. The summed E-state index contributed by atoms with van der Waals surface area (Å²) in [4.78, 5) is 6.45. The summed E-state index contributed by atoms with van der Waals surface area (Å²) < 4.78 is 0. The maximum atomic E-state index is 5.33. The molecule has 72 valence electrons. The predicted octanol–water partition coefficient (Wildman–Crippen LogP) is 3.04. The molecule has 1 unspecified atom stereocenters. The standard InChI is InChI=1S/C10H15NOS/c1-4-8(2)12-11-9(3)10-6-5-7-13-10/h5-8,11H,3-4H2,1-2H3. The zero-order valence-electron chi connectivity index (χ0n) is 8.04. The summed E-state index contributed by atoms with van der Waals surface area (Å²) in [5, 5.41) is 2.02. The zero-order valence-corrected chi connectivity index (χ0v) is 8.86. The second kappa shape index (κ2) is 5.04. The van der Waals surface area contributed by atoms with Crippen molar-refractivity contribution < 1.29 is 4.84 Å². The fourth-order valence-corrected chi connectivity index (χ4v) is 1.40. The SMILES string of the molecule is C=C(NOC(C)CC)c1cccs1. The predicted molar refractivity (Wildman–Crippen MR) is 57.3 cm³/mol. The Labute approximate surface area is 83.2 Å². The van der Waals surface area contributed by atoms with Crippen LogP contribution in [0.2, 0.25) is 0 Å². The van der Waals surface area contributed by atoms with E-state index >= 15 is 0 Å². The van der Waals surface area contributed by atoms with Crippen molar-refractivity contribution in [2.45, 2.75) is 26.4 Å². The first-order chi connectivity index (χ1) is 6.24. The van der Waals surface area contributed by atoms with Gasteiger partial charge in [-0.3, -0.25) is 10.3 Å². The molecule has 1 rings (SSSR count). The Morgan fingerprint density at radius 3 is 3.08 bits per heavy atom. The van der Waals surface area contributed by atoms with Gasteiger partial charge in [0.2, 0.25) is 0 Å². The third-order valence-electron chi connectivity index (χ3n) is 1.78. The molecular formula is C10H15NOS. The van der Waals surface area contributed by atoms with Crippen LogP contribution in [0.4, 0.5) is 0 Å². The topological polar surface area (TPSA) is 21.3 Å². The van der Waals surface area contributed by atoms with E-state index in [-0.39, 0.29) is 6.10 Å². The second-order valence-electron chi connectivity index (χ2n) is 2.89. The molecular weight excluding hydrogens is 182 g/mol. The van der Waals surface area contributed by atoms with Crippen molar-refractivity contribution in [3.05, 3.63) is 29.0 Å². The largest absolute Gasteiger partial charge is 0.273 e. The summed E-state index contributed by atoms with van der Waals surface area (Å²) in [5.41, 5.74) is 3.68. The van der Waals surface area contributed by atoms with Crippen molar-refractivity contribution in [2.75, 3.05) is 0 Å². The van der Waals surface area contributed by atoms with Crippen molar-refractivity contribution in [3.63, 3.8) is 0 Å². The van der Waals surface area contributed by atoms with Gasteiger partial charge in [-0.1, -0.05) is 19.6 Å². The number of hydrogen-bond donors (Lipinski definition) is 1. The molecule has 13 heavy (non-hydrogen) atoms. The molecule has 0 aliphatic heterocycles. The van der Waals surface area contributed by atoms with Gasteiger partial charge in [-0.15, -0.1) is 11.3 Å². The summed E-state index contributed by atoms with van der Waals surface area (Å²) in [5.74, 6) is 0. The lowest BCUT2D eigenvalue weighted by atomic mass is 10.3. The first kappa shape index (κ1) is 10.3. The number of rotatable bonds is 5. The number of hydrogen-bond acceptors (Lipinski definition) is 3. The Morgan fingerprint density at radius 1 is 1.77 bits per heavy atom. The van der Waals surface area contributed by atoms with Crippen molar-refractivity contribution in [3.8, 4) is 0 Å².